The van der Waals surface area contributed by atoms with Crippen molar-refractivity contribution in [1.29, 1.82) is 0 Å². The van der Waals surface area contributed by atoms with E-state index in [0.29, 0.717) is 13.0 Å². The minimum absolute atomic E-state index is 0.161. The van der Waals surface area contributed by atoms with Crippen molar-refractivity contribution in [1.82, 2.24) is 15.1 Å². The monoisotopic (exact) mass is 332 g/mol. The van der Waals surface area contributed by atoms with E-state index in [-0.39, 0.29) is 23.6 Å². The van der Waals surface area contributed by atoms with E-state index >= 15 is 0 Å². The molecule has 6 heteroatoms. The van der Waals surface area contributed by atoms with E-state index in [1.54, 1.807) is 6.92 Å². The van der Waals surface area contributed by atoms with Crippen molar-refractivity contribution in [2.45, 2.75) is 53.2 Å². The fourth-order valence-corrected chi connectivity index (χ4v) is 2.89. The second-order valence-corrected chi connectivity index (χ2v) is 7.48. The maximum Gasteiger partial charge on any atom is 0.319 e. The molecule has 2 aromatic rings. The molecule has 0 aliphatic carbocycles. The molecule has 24 heavy (non-hydrogen) atoms. The summed E-state index contributed by atoms with van der Waals surface area (Å²) in [6.07, 6.45) is 2.08. The Morgan fingerprint density at radius 2 is 2.04 bits per heavy atom. The Balaban J connectivity index is 2.01. The lowest BCUT2D eigenvalue weighted by Crippen LogP contribution is -2.38. The highest BCUT2D eigenvalue weighted by molar-refractivity contribution is 5.92. The van der Waals surface area contributed by atoms with Crippen molar-refractivity contribution in [2.24, 2.45) is 5.41 Å². The largest absolute Gasteiger partial charge is 0.393 e. The number of rotatable bonds is 6. The van der Waals surface area contributed by atoms with Crippen LogP contribution in [0.15, 0.2) is 24.4 Å². The molecule has 1 aromatic carbocycles. The van der Waals surface area contributed by atoms with Crippen molar-refractivity contribution >= 4 is 22.6 Å². The highest BCUT2D eigenvalue weighted by atomic mass is 16.3. The number of anilines is 1. The van der Waals surface area contributed by atoms with Gasteiger partial charge in [0.1, 0.15) is 0 Å². The van der Waals surface area contributed by atoms with Gasteiger partial charge in [0.25, 0.3) is 0 Å². The van der Waals surface area contributed by atoms with E-state index in [1.165, 1.54) is 0 Å². The Morgan fingerprint density at radius 3 is 2.67 bits per heavy atom. The Kier molecular flexibility index (Phi) is 5.49. The molecule has 1 aromatic heterocycles. The highest BCUT2D eigenvalue weighted by Gasteiger charge is 2.21. The molecule has 1 atom stereocenters. The lowest BCUT2D eigenvalue weighted by molar-refractivity contribution is 0.129. The van der Waals surface area contributed by atoms with E-state index in [2.05, 4.69) is 29.6 Å². The lowest BCUT2D eigenvalue weighted by atomic mass is 9.87. The van der Waals surface area contributed by atoms with Crippen LogP contribution in [0.1, 0.15) is 47.1 Å². The van der Waals surface area contributed by atoms with Gasteiger partial charge in [-0.15, -0.1) is 0 Å². The number of hydrogen-bond acceptors (Lipinski definition) is 3. The summed E-state index contributed by atoms with van der Waals surface area (Å²) in [6.45, 7) is 10.4. The highest BCUT2D eigenvalue weighted by Crippen LogP contribution is 2.23. The first-order valence-electron chi connectivity index (χ1n) is 8.38. The topological polar surface area (TPSA) is 79.2 Å². The van der Waals surface area contributed by atoms with Gasteiger partial charge in [-0.1, -0.05) is 13.8 Å². The molecule has 6 nitrogen and oxygen atoms in total. The van der Waals surface area contributed by atoms with Crippen molar-refractivity contribution in [3.05, 3.63) is 24.4 Å². The molecule has 0 aliphatic heterocycles. The van der Waals surface area contributed by atoms with Crippen molar-refractivity contribution in [3.63, 3.8) is 0 Å². The third-order valence-electron chi connectivity index (χ3n) is 3.92. The molecule has 0 bridgehead atoms. The molecule has 0 unspecified atom stereocenters. The van der Waals surface area contributed by atoms with Crippen LogP contribution in [0.4, 0.5) is 10.5 Å². The second-order valence-electron chi connectivity index (χ2n) is 7.48. The number of aliphatic hydroxyl groups excluding tert-OH is 1. The van der Waals surface area contributed by atoms with E-state index in [1.807, 2.05) is 42.9 Å². The average Bonchev–Trinajstić information content (AvgIpc) is 2.87. The Labute approximate surface area is 143 Å². The van der Waals surface area contributed by atoms with Gasteiger partial charge in [0.15, 0.2) is 0 Å². The van der Waals surface area contributed by atoms with Crippen LogP contribution in [0.25, 0.3) is 10.9 Å². The molecular weight excluding hydrogens is 304 g/mol. The third kappa shape index (κ3) is 4.71. The SMILES string of the molecule is CC(C)n1ncc2ccc(NC(=O)NCC(C)(C)C[C@H](C)O)cc21. The van der Waals surface area contributed by atoms with Gasteiger partial charge >= 0.3 is 6.03 Å². The molecule has 0 saturated heterocycles. The zero-order chi connectivity index (χ0) is 17.9. The summed E-state index contributed by atoms with van der Waals surface area (Å²) in [7, 11) is 0. The molecule has 132 valence electrons. The third-order valence-corrected chi connectivity index (χ3v) is 3.92. The summed E-state index contributed by atoms with van der Waals surface area (Å²) in [5.41, 5.74) is 1.57. The Hall–Kier alpha value is -2.08. The van der Waals surface area contributed by atoms with Gasteiger partial charge in [0.05, 0.1) is 17.8 Å². The summed E-state index contributed by atoms with van der Waals surface area (Å²) in [5, 5.41) is 20.7. The van der Waals surface area contributed by atoms with Gasteiger partial charge in [-0.25, -0.2) is 4.79 Å². The summed E-state index contributed by atoms with van der Waals surface area (Å²) in [6, 6.07) is 5.77. The minimum atomic E-state index is -0.386. The number of aromatic nitrogens is 2. The fourth-order valence-electron chi connectivity index (χ4n) is 2.89. The summed E-state index contributed by atoms with van der Waals surface area (Å²) < 4.78 is 1.93. The Bertz CT molecular complexity index is 704. The van der Waals surface area contributed by atoms with Crippen LogP contribution in [0, 0.1) is 5.41 Å². The van der Waals surface area contributed by atoms with Crippen molar-refractivity contribution < 1.29 is 9.90 Å². The maximum atomic E-state index is 12.1. The Morgan fingerprint density at radius 1 is 1.33 bits per heavy atom. The lowest BCUT2D eigenvalue weighted by Gasteiger charge is -2.26. The first-order chi connectivity index (χ1) is 11.2. The van der Waals surface area contributed by atoms with E-state index in [9.17, 15) is 9.90 Å². The number of hydrogen-bond donors (Lipinski definition) is 3. The number of aliphatic hydroxyl groups is 1. The van der Waals surface area contributed by atoms with Gasteiger partial charge in [-0.3, -0.25) is 4.68 Å². The quantitative estimate of drug-likeness (QED) is 0.757. The number of carbonyl (C=O) groups is 1. The van der Waals surface area contributed by atoms with E-state index in [4.69, 9.17) is 0 Å². The summed E-state index contributed by atoms with van der Waals surface area (Å²) >= 11 is 0. The van der Waals surface area contributed by atoms with Crippen LogP contribution in [0.5, 0.6) is 0 Å². The van der Waals surface area contributed by atoms with Gasteiger partial charge in [-0.2, -0.15) is 5.10 Å². The molecule has 0 aliphatic rings. The number of amides is 2. The number of fused-ring (bicyclic) bond motifs is 1. The smallest absolute Gasteiger partial charge is 0.319 e. The van der Waals surface area contributed by atoms with E-state index in [0.717, 1.165) is 16.6 Å². The predicted molar refractivity (Wildman–Crippen MR) is 97.2 cm³/mol. The van der Waals surface area contributed by atoms with Crippen LogP contribution in [0.2, 0.25) is 0 Å². The van der Waals surface area contributed by atoms with Crippen molar-refractivity contribution in [3.8, 4) is 0 Å². The minimum Gasteiger partial charge on any atom is -0.393 e. The maximum absolute atomic E-state index is 12.1. The van der Waals surface area contributed by atoms with Crippen LogP contribution < -0.4 is 10.6 Å². The first kappa shape index (κ1) is 18.3. The second kappa shape index (κ2) is 7.21. The van der Waals surface area contributed by atoms with Gasteiger partial charge in [0.2, 0.25) is 0 Å². The predicted octanol–water partition coefficient (Wildman–Crippen LogP) is 3.54. The molecule has 0 saturated carbocycles. The number of urea groups is 1. The number of carbonyl (C=O) groups excluding carboxylic acids is 1. The van der Waals surface area contributed by atoms with Crippen LogP contribution in [-0.4, -0.2) is 33.6 Å². The van der Waals surface area contributed by atoms with Crippen molar-refractivity contribution in [2.75, 3.05) is 11.9 Å². The molecule has 2 rings (SSSR count). The zero-order valence-electron chi connectivity index (χ0n) is 15.1. The molecule has 0 radical (unpaired) electrons. The van der Waals surface area contributed by atoms with Gasteiger partial charge in [0, 0.05) is 23.7 Å². The number of nitrogens with zero attached hydrogens (tertiary/aromatic N) is 2. The average molecular weight is 332 g/mol. The molecule has 1 heterocycles. The summed E-state index contributed by atoms with van der Waals surface area (Å²) in [4.78, 5) is 12.1. The zero-order valence-corrected chi connectivity index (χ0v) is 15.1. The number of benzene rings is 1. The molecular formula is C18H28N4O2. The van der Waals surface area contributed by atoms with Crippen LogP contribution in [-0.2, 0) is 0 Å². The normalized spacial score (nSPS) is 13.3. The first-order valence-corrected chi connectivity index (χ1v) is 8.38. The molecule has 0 fully saturated rings. The molecule has 3 N–H and O–H groups in total. The molecule has 0 spiro atoms. The van der Waals surface area contributed by atoms with E-state index < -0.39 is 0 Å². The molecule has 2 amide bonds. The fraction of sp³-hybridized carbons (Fsp3) is 0.556. The summed E-state index contributed by atoms with van der Waals surface area (Å²) in [5.74, 6) is 0. The number of nitrogens with one attached hydrogen (secondary N) is 2. The van der Waals surface area contributed by atoms with Gasteiger partial charge < -0.3 is 15.7 Å². The van der Waals surface area contributed by atoms with Crippen LogP contribution in [0.3, 0.4) is 0 Å². The van der Waals surface area contributed by atoms with Crippen LogP contribution >= 0.6 is 0 Å². The van der Waals surface area contributed by atoms with Gasteiger partial charge in [-0.05, 0) is 50.8 Å². The standard InChI is InChI=1S/C18H28N4O2/c1-12(2)22-16-8-15(7-6-14(16)10-20-22)21-17(24)19-11-18(4,5)9-13(3)23/h6-8,10,12-13,23H,9,11H2,1-5H3,(H2,19,21,24)/t13-/m0/s1.